The molecule has 4 heteroatoms. The van der Waals surface area contributed by atoms with Gasteiger partial charge in [0, 0.05) is 11.8 Å². The molecule has 0 radical (unpaired) electrons. The van der Waals surface area contributed by atoms with Crippen molar-refractivity contribution in [3.05, 3.63) is 46.6 Å². The molecule has 2 aromatic rings. The van der Waals surface area contributed by atoms with Crippen molar-refractivity contribution in [3.63, 3.8) is 0 Å². The second-order valence-corrected chi connectivity index (χ2v) is 3.92. The molecule has 0 aliphatic carbocycles. The number of aromatic nitrogens is 1. The minimum atomic E-state index is 0.499. The summed E-state index contributed by atoms with van der Waals surface area (Å²) in [6.07, 6.45) is 1.70. The van der Waals surface area contributed by atoms with E-state index in [0.29, 0.717) is 15.9 Å². The van der Waals surface area contributed by atoms with Crippen molar-refractivity contribution in [2.24, 2.45) is 0 Å². The molecule has 0 atom stereocenters. The lowest BCUT2D eigenvalue weighted by molar-refractivity contribution is 1.34. The van der Waals surface area contributed by atoms with Gasteiger partial charge in [-0.1, -0.05) is 29.3 Å². The van der Waals surface area contributed by atoms with E-state index < -0.39 is 0 Å². The van der Waals surface area contributed by atoms with E-state index in [1.807, 2.05) is 12.1 Å². The summed E-state index contributed by atoms with van der Waals surface area (Å²) < 4.78 is 0. The Morgan fingerprint density at radius 2 is 1.67 bits per heavy atom. The zero-order valence-corrected chi connectivity index (χ0v) is 9.26. The van der Waals surface area contributed by atoms with E-state index in [-0.39, 0.29) is 0 Å². The molecule has 76 valence electrons. The molecule has 0 bridgehead atoms. The number of anilines is 1. The molecule has 1 aromatic carbocycles. The Kier molecular flexibility index (Phi) is 2.80. The van der Waals surface area contributed by atoms with Gasteiger partial charge in [-0.3, -0.25) is 0 Å². The summed E-state index contributed by atoms with van der Waals surface area (Å²) in [6.45, 7) is 0. The molecular formula is C11H8Cl2N2. The monoisotopic (exact) mass is 238 g/mol. The van der Waals surface area contributed by atoms with Gasteiger partial charge in [-0.25, -0.2) is 4.98 Å². The van der Waals surface area contributed by atoms with Crippen LogP contribution in [0.4, 0.5) is 5.82 Å². The number of nitrogens with two attached hydrogens (primary N) is 1. The fourth-order valence-electron chi connectivity index (χ4n) is 1.25. The number of nitrogens with zero attached hydrogens (tertiary/aromatic N) is 1. The van der Waals surface area contributed by atoms with Crippen LogP contribution in [0, 0.1) is 0 Å². The number of nitrogen functional groups attached to an aromatic ring is 1. The van der Waals surface area contributed by atoms with Gasteiger partial charge in [0.1, 0.15) is 5.82 Å². The van der Waals surface area contributed by atoms with Crippen LogP contribution in [0.1, 0.15) is 0 Å². The number of pyridine rings is 1. The normalized spacial score (nSPS) is 10.3. The predicted molar refractivity (Wildman–Crippen MR) is 64.1 cm³/mol. The second kappa shape index (κ2) is 4.09. The van der Waals surface area contributed by atoms with E-state index in [0.717, 1.165) is 11.1 Å². The zero-order chi connectivity index (χ0) is 10.8. The minimum Gasteiger partial charge on any atom is -0.384 e. The third kappa shape index (κ3) is 2.22. The molecule has 0 unspecified atom stereocenters. The Morgan fingerprint density at radius 1 is 0.933 bits per heavy atom. The third-order valence-electron chi connectivity index (χ3n) is 2.04. The van der Waals surface area contributed by atoms with E-state index in [1.54, 1.807) is 24.4 Å². The fraction of sp³-hybridized carbons (Fsp3) is 0. The van der Waals surface area contributed by atoms with E-state index in [2.05, 4.69) is 4.98 Å². The van der Waals surface area contributed by atoms with Crippen LogP contribution >= 0.6 is 23.2 Å². The molecule has 0 saturated carbocycles. The van der Waals surface area contributed by atoms with E-state index in [4.69, 9.17) is 28.9 Å². The van der Waals surface area contributed by atoms with Gasteiger partial charge in [-0.2, -0.15) is 0 Å². The van der Waals surface area contributed by atoms with Crippen molar-refractivity contribution in [2.75, 3.05) is 5.73 Å². The molecule has 2 rings (SSSR count). The summed E-state index contributed by atoms with van der Waals surface area (Å²) in [4.78, 5) is 4.01. The SMILES string of the molecule is Nc1ccc(-c2ccc(Cl)c(Cl)c2)cn1. The molecule has 0 saturated heterocycles. The first-order valence-electron chi connectivity index (χ1n) is 4.34. The van der Waals surface area contributed by atoms with Crippen molar-refractivity contribution in [2.45, 2.75) is 0 Å². The highest BCUT2D eigenvalue weighted by molar-refractivity contribution is 6.42. The first kappa shape index (κ1) is 10.3. The summed E-state index contributed by atoms with van der Waals surface area (Å²) in [5, 5.41) is 1.08. The number of halogens is 2. The van der Waals surface area contributed by atoms with Crippen molar-refractivity contribution >= 4 is 29.0 Å². The summed E-state index contributed by atoms with van der Waals surface area (Å²) in [5.41, 5.74) is 7.43. The van der Waals surface area contributed by atoms with Gasteiger partial charge < -0.3 is 5.73 Å². The summed E-state index contributed by atoms with van der Waals surface area (Å²) in [6, 6.07) is 9.09. The first-order chi connectivity index (χ1) is 7.16. The molecule has 1 aromatic heterocycles. The van der Waals surface area contributed by atoms with Crippen LogP contribution in [0.5, 0.6) is 0 Å². The maximum absolute atomic E-state index is 5.92. The van der Waals surface area contributed by atoms with Gasteiger partial charge in [-0.15, -0.1) is 0 Å². The minimum absolute atomic E-state index is 0.499. The molecule has 0 aliphatic heterocycles. The van der Waals surface area contributed by atoms with Crippen molar-refractivity contribution in [1.82, 2.24) is 4.98 Å². The van der Waals surface area contributed by atoms with Crippen LogP contribution in [-0.4, -0.2) is 4.98 Å². The van der Waals surface area contributed by atoms with Gasteiger partial charge >= 0.3 is 0 Å². The quantitative estimate of drug-likeness (QED) is 0.825. The molecule has 1 heterocycles. The highest BCUT2D eigenvalue weighted by Crippen LogP contribution is 2.28. The van der Waals surface area contributed by atoms with Crippen LogP contribution < -0.4 is 5.73 Å². The zero-order valence-electron chi connectivity index (χ0n) is 7.74. The van der Waals surface area contributed by atoms with Crippen molar-refractivity contribution in [3.8, 4) is 11.1 Å². The van der Waals surface area contributed by atoms with Crippen LogP contribution in [0.15, 0.2) is 36.5 Å². The van der Waals surface area contributed by atoms with Crippen LogP contribution in [0.2, 0.25) is 10.0 Å². The second-order valence-electron chi connectivity index (χ2n) is 3.10. The summed E-state index contributed by atoms with van der Waals surface area (Å²) >= 11 is 11.7. The topological polar surface area (TPSA) is 38.9 Å². The molecule has 0 aliphatic rings. The maximum atomic E-state index is 5.92. The number of hydrogen-bond donors (Lipinski definition) is 1. The molecule has 15 heavy (non-hydrogen) atoms. The highest BCUT2D eigenvalue weighted by atomic mass is 35.5. The number of benzene rings is 1. The predicted octanol–water partition coefficient (Wildman–Crippen LogP) is 3.64. The van der Waals surface area contributed by atoms with Gasteiger partial charge in [0.15, 0.2) is 0 Å². The molecular weight excluding hydrogens is 231 g/mol. The van der Waals surface area contributed by atoms with Gasteiger partial charge in [0.2, 0.25) is 0 Å². The van der Waals surface area contributed by atoms with Gasteiger partial charge in [0.05, 0.1) is 10.0 Å². The Bertz CT molecular complexity index is 480. The Hall–Kier alpha value is -1.25. The van der Waals surface area contributed by atoms with E-state index >= 15 is 0 Å². The van der Waals surface area contributed by atoms with Gasteiger partial charge in [-0.05, 0) is 29.8 Å². The van der Waals surface area contributed by atoms with Crippen LogP contribution in [0.25, 0.3) is 11.1 Å². The number of rotatable bonds is 1. The lowest BCUT2D eigenvalue weighted by Gasteiger charge is -2.03. The maximum Gasteiger partial charge on any atom is 0.123 e. The first-order valence-corrected chi connectivity index (χ1v) is 5.09. The highest BCUT2D eigenvalue weighted by Gasteiger charge is 2.02. The van der Waals surface area contributed by atoms with Crippen molar-refractivity contribution < 1.29 is 0 Å². The average Bonchev–Trinajstić information content (AvgIpc) is 2.23. The molecule has 0 spiro atoms. The smallest absolute Gasteiger partial charge is 0.123 e. The lowest BCUT2D eigenvalue weighted by atomic mass is 10.1. The Balaban J connectivity index is 2.45. The number of hydrogen-bond acceptors (Lipinski definition) is 2. The molecule has 2 nitrogen and oxygen atoms in total. The Morgan fingerprint density at radius 3 is 2.27 bits per heavy atom. The van der Waals surface area contributed by atoms with E-state index in [9.17, 15) is 0 Å². The fourth-order valence-corrected chi connectivity index (χ4v) is 1.55. The molecule has 2 N–H and O–H groups in total. The standard InChI is InChI=1S/C11H8Cl2N2/c12-9-3-1-7(5-10(9)13)8-2-4-11(14)15-6-8/h1-6H,(H2,14,15). The van der Waals surface area contributed by atoms with Crippen LogP contribution in [0.3, 0.4) is 0 Å². The summed E-state index contributed by atoms with van der Waals surface area (Å²) in [5.74, 6) is 0.499. The Labute approximate surface area is 97.7 Å². The van der Waals surface area contributed by atoms with E-state index in [1.165, 1.54) is 0 Å². The molecule has 0 amide bonds. The van der Waals surface area contributed by atoms with Gasteiger partial charge in [0.25, 0.3) is 0 Å². The van der Waals surface area contributed by atoms with Crippen LogP contribution in [-0.2, 0) is 0 Å². The third-order valence-corrected chi connectivity index (χ3v) is 2.78. The van der Waals surface area contributed by atoms with Crippen molar-refractivity contribution in [1.29, 1.82) is 0 Å². The molecule has 0 fully saturated rings. The summed E-state index contributed by atoms with van der Waals surface area (Å²) in [7, 11) is 0. The average molecular weight is 239 g/mol. The largest absolute Gasteiger partial charge is 0.384 e. The lowest BCUT2D eigenvalue weighted by Crippen LogP contribution is -1.88.